The zero-order valence-electron chi connectivity index (χ0n) is 11.2. The van der Waals surface area contributed by atoms with Crippen molar-refractivity contribution in [1.82, 2.24) is 0 Å². The number of rotatable bonds is 4. The van der Waals surface area contributed by atoms with Crippen molar-refractivity contribution in [3.8, 4) is 16.2 Å². The first-order chi connectivity index (χ1) is 9.11. The summed E-state index contributed by atoms with van der Waals surface area (Å²) in [5.74, 6) is 0.230. The molecule has 0 fully saturated rings. The topological polar surface area (TPSA) is 35.5 Å². The van der Waals surface area contributed by atoms with E-state index in [1.807, 2.05) is 50.2 Å². The first kappa shape index (κ1) is 13.6. The van der Waals surface area contributed by atoms with Crippen molar-refractivity contribution in [3.05, 3.63) is 41.3 Å². The Kier molecular flexibility index (Phi) is 4.22. The molecule has 0 amide bonds. The summed E-state index contributed by atoms with van der Waals surface area (Å²) in [5, 5.41) is 0. The quantitative estimate of drug-likeness (QED) is 0.792. The minimum atomic E-state index is -0.358. The lowest BCUT2D eigenvalue weighted by Gasteiger charge is -2.08. The molecule has 0 N–H and O–H groups in total. The highest BCUT2D eigenvalue weighted by atomic mass is 32.1. The molecule has 1 heterocycles. The van der Waals surface area contributed by atoms with Gasteiger partial charge in [-0.2, -0.15) is 0 Å². The first-order valence-electron chi connectivity index (χ1n) is 6.06. The van der Waals surface area contributed by atoms with E-state index >= 15 is 0 Å². The second-order valence-corrected chi connectivity index (χ2v) is 5.38. The molecule has 2 rings (SSSR count). The molecule has 2 aromatic rings. The number of thiophene rings is 1. The van der Waals surface area contributed by atoms with Gasteiger partial charge in [0.2, 0.25) is 0 Å². The summed E-state index contributed by atoms with van der Waals surface area (Å²) in [5.41, 5.74) is 1.07. The SMILES string of the molecule is COC(=O)c1sc(-c2ccccc2)cc1OC(C)C. The molecule has 0 saturated carbocycles. The predicted molar refractivity (Wildman–Crippen MR) is 76.9 cm³/mol. The summed E-state index contributed by atoms with van der Waals surface area (Å²) >= 11 is 1.39. The fourth-order valence-electron chi connectivity index (χ4n) is 1.70. The second kappa shape index (κ2) is 5.89. The molecule has 0 unspecified atom stereocenters. The maximum Gasteiger partial charge on any atom is 0.351 e. The van der Waals surface area contributed by atoms with E-state index in [-0.39, 0.29) is 12.1 Å². The zero-order valence-corrected chi connectivity index (χ0v) is 12.0. The van der Waals surface area contributed by atoms with Crippen LogP contribution in [0.15, 0.2) is 36.4 Å². The number of hydrogen-bond donors (Lipinski definition) is 0. The highest BCUT2D eigenvalue weighted by Gasteiger charge is 2.19. The zero-order chi connectivity index (χ0) is 13.8. The number of ether oxygens (including phenoxy) is 2. The number of benzene rings is 1. The van der Waals surface area contributed by atoms with Gasteiger partial charge in [0.25, 0.3) is 0 Å². The molecule has 1 aromatic carbocycles. The third kappa shape index (κ3) is 3.15. The van der Waals surface area contributed by atoms with Gasteiger partial charge in [0, 0.05) is 4.88 Å². The number of hydrogen-bond acceptors (Lipinski definition) is 4. The Bertz CT molecular complexity index is 558. The second-order valence-electron chi connectivity index (χ2n) is 4.33. The standard InChI is InChI=1S/C15H16O3S/c1-10(2)18-12-9-13(11-7-5-4-6-8-11)19-14(12)15(16)17-3/h4-10H,1-3H3. The smallest absolute Gasteiger partial charge is 0.351 e. The summed E-state index contributed by atoms with van der Waals surface area (Å²) in [6, 6.07) is 11.8. The molecular formula is C15H16O3S. The normalized spacial score (nSPS) is 10.5. The minimum absolute atomic E-state index is 0.0154. The van der Waals surface area contributed by atoms with Gasteiger partial charge in [-0.1, -0.05) is 30.3 Å². The van der Waals surface area contributed by atoms with Crippen LogP contribution in [0.1, 0.15) is 23.5 Å². The molecule has 0 atom stereocenters. The summed E-state index contributed by atoms with van der Waals surface area (Å²) in [4.78, 5) is 13.3. The average molecular weight is 276 g/mol. The van der Waals surface area contributed by atoms with Crippen LogP contribution in [0.4, 0.5) is 0 Å². The van der Waals surface area contributed by atoms with E-state index in [2.05, 4.69) is 0 Å². The molecule has 0 saturated heterocycles. The molecule has 1 aromatic heterocycles. The molecule has 0 aliphatic heterocycles. The van der Waals surface area contributed by atoms with Crippen LogP contribution in [0.2, 0.25) is 0 Å². The van der Waals surface area contributed by atoms with Crippen molar-refractivity contribution in [1.29, 1.82) is 0 Å². The molecule has 0 aliphatic carbocycles. The van der Waals surface area contributed by atoms with Gasteiger partial charge in [-0.3, -0.25) is 0 Å². The molecular weight excluding hydrogens is 260 g/mol. The summed E-state index contributed by atoms with van der Waals surface area (Å²) < 4.78 is 10.5. The molecule has 0 spiro atoms. The van der Waals surface area contributed by atoms with E-state index in [0.717, 1.165) is 10.4 Å². The Morgan fingerprint density at radius 2 is 1.89 bits per heavy atom. The molecule has 0 radical (unpaired) electrons. The lowest BCUT2D eigenvalue weighted by atomic mass is 10.2. The van der Waals surface area contributed by atoms with Gasteiger partial charge in [-0.05, 0) is 25.5 Å². The number of methoxy groups -OCH3 is 1. The Hall–Kier alpha value is -1.81. The first-order valence-corrected chi connectivity index (χ1v) is 6.87. The lowest BCUT2D eigenvalue weighted by Crippen LogP contribution is -2.08. The Balaban J connectivity index is 2.42. The van der Waals surface area contributed by atoms with Crippen molar-refractivity contribution in [3.63, 3.8) is 0 Å². The third-order valence-electron chi connectivity index (χ3n) is 2.49. The monoisotopic (exact) mass is 276 g/mol. The van der Waals surface area contributed by atoms with Crippen molar-refractivity contribution >= 4 is 17.3 Å². The maximum atomic E-state index is 11.8. The van der Waals surface area contributed by atoms with Gasteiger partial charge in [-0.15, -0.1) is 11.3 Å². The predicted octanol–water partition coefficient (Wildman–Crippen LogP) is 3.99. The fraction of sp³-hybridized carbons (Fsp3) is 0.267. The van der Waals surface area contributed by atoms with Gasteiger partial charge in [0.05, 0.1) is 13.2 Å². The van der Waals surface area contributed by atoms with Gasteiger partial charge < -0.3 is 9.47 Å². The summed E-state index contributed by atoms with van der Waals surface area (Å²) in [6.07, 6.45) is 0.0154. The molecule has 19 heavy (non-hydrogen) atoms. The van der Waals surface area contributed by atoms with Crippen LogP contribution < -0.4 is 4.74 Å². The van der Waals surface area contributed by atoms with Crippen LogP contribution in [0.3, 0.4) is 0 Å². The van der Waals surface area contributed by atoms with Crippen LogP contribution in [0.25, 0.3) is 10.4 Å². The van der Waals surface area contributed by atoms with E-state index in [1.165, 1.54) is 18.4 Å². The highest BCUT2D eigenvalue weighted by molar-refractivity contribution is 7.17. The molecule has 0 bridgehead atoms. The van der Waals surface area contributed by atoms with Crippen molar-refractivity contribution in [2.75, 3.05) is 7.11 Å². The number of esters is 1. The molecule has 0 aliphatic rings. The Morgan fingerprint density at radius 3 is 2.47 bits per heavy atom. The fourth-order valence-corrected chi connectivity index (χ4v) is 2.71. The average Bonchev–Trinajstić information content (AvgIpc) is 2.82. The third-order valence-corrected chi connectivity index (χ3v) is 3.64. The van der Waals surface area contributed by atoms with E-state index in [1.54, 1.807) is 0 Å². The Labute approximate surface area is 116 Å². The largest absolute Gasteiger partial charge is 0.489 e. The van der Waals surface area contributed by atoms with Crippen LogP contribution >= 0.6 is 11.3 Å². The molecule has 100 valence electrons. The van der Waals surface area contributed by atoms with Gasteiger partial charge in [0.15, 0.2) is 4.88 Å². The summed E-state index contributed by atoms with van der Waals surface area (Å²) in [6.45, 7) is 3.86. The van der Waals surface area contributed by atoms with E-state index < -0.39 is 0 Å². The van der Waals surface area contributed by atoms with Crippen molar-refractivity contribution in [2.45, 2.75) is 20.0 Å². The van der Waals surface area contributed by atoms with Crippen LogP contribution in [-0.4, -0.2) is 19.2 Å². The van der Waals surface area contributed by atoms with E-state index in [9.17, 15) is 4.79 Å². The van der Waals surface area contributed by atoms with Crippen LogP contribution in [0, 0.1) is 0 Å². The number of carbonyl (C=O) groups is 1. The van der Waals surface area contributed by atoms with E-state index in [0.29, 0.717) is 10.6 Å². The van der Waals surface area contributed by atoms with Crippen molar-refractivity contribution < 1.29 is 14.3 Å². The van der Waals surface area contributed by atoms with Crippen LogP contribution in [-0.2, 0) is 4.74 Å². The minimum Gasteiger partial charge on any atom is -0.489 e. The lowest BCUT2D eigenvalue weighted by molar-refractivity contribution is 0.0600. The van der Waals surface area contributed by atoms with Crippen LogP contribution in [0.5, 0.6) is 5.75 Å². The Morgan fingerprint density at radius 1 is 1.21 bits per heavy atom. The highest BCUT2D eigenvalue weighted by Crippen LogP contribution is 2.37. The maximum absolute atomic E-state index is 11.8. The van der Waals surface area contributed by atoms with Gasteiger partial charge in [-0.25, -0.2) is 4.79 Å². The van der Waals surface area contributed by atoms with Crippen molar-refractivity contribution in [2.24, 2.45) is 0 Å². The molecule has 3 nitrogen and oxygen atoms in total. The molecule has 4 heteroatoms. The summed E-state index contributed by atoms with van der Waals surface area (Å²) in [7, 11) is 1.38. The van der Waals surface area contributed by atoms with E-state index in [4.69, 9.17) is 9.47 Å². The number of carbonyl (C=O) groups excluding carboxylic acids is 1. The van der Waals surface area contributed by atoms with Gasteiger partial charge in [0.1, 0.15) is 5.75 Å². The van der Waals surface area contributed by atoms with Gasteiger partial charge >= 0.3 is 5.97 Å².